The zero-order valence-electron chi connectivity index (χ0n) is 11.4. The molecule has 0 saturated carbocycles. The molecule has 20 heavy (non-hydrogen) atoms. The van der Waals surface area contributed by atoms with Crippen LogP contribution in [0.5, 0.6) is 0 Å². The third-order valence-electron chi connectivity index (χ3n) is 2.70. The predicted molar refractivity (Wildman–Crippen MR) is 75.8 cm³/mol. The molecule has 0 unspecified atom stereocenters. The van der Waals surface area contributed by atoms with Crippen LogP contribution < -0.4 is 5.32 Å². The molecule has 0 fully saturated rings. The topological polar surface area (TPSA) is 64.1 Å². The van der Waals surface area contributed by atoms with Gasteiger partial charge in [-0.05, 0) is 13.0 Å². The molecule has 0 radical (unpaired) electrons. The quantitative estimate of drug-likeness (QED) is 0.870. The minimum absolute atomic E-state index is 0.0765. The minimum Gasteiger partial charge on any atom is -0.372 e. The van der Waals surface area contributed by atoms with E-state index in [1.807, 2.05) is 43.3 Å². The van der Waals surface area contributed by atoms with Crippen molar-refractivity contribution >= 4 is 5.91 Å². The number of rotatable bonds is 6. The first kappa shape index (κ1) is 14.1. The van der Waals surface area contributed by atoms with Crippen molar-refractivity contribution in [3.63, 3.8) is 0 Å². The Labute approximate surface area is 118 Å². The van der Waals surface area contributed by atoms with Gasteiger partial charge in [-0.2, -0.15) is 0 Å². The second kappa shape index (κ2) is 7.35. The lowest BCUT2D eigenvalue weighted by atomic mass is 10.1. The van der Waals surface area contributed by atoms with Crippen LogP contribution in [0.3, 0.4) is 0 Å². The number of ether oxygens (including phenoxy) is 1. The number of amides is 1. The summed E-state index contributed by atoms with van der Waals surface area (Å²) in [6, 6.07) is 11.7. The molecule has 1 amide bonds. The van der Waals surface area contributed by atoms with Gasteiger partial charge in [-0.15, -0.1) is 0 Å². The lowest BCUT2D eigenvalue weighted by Gasteiger charge is -2.06. The number of benzene rings is 1. The van der Waals surface area contributed by atoms with Crippen molar-refractivity contribution in [1.82, 2.24) is 15.3 Å². The van der Waals surface area contributed by atoms with Gasteiger partial charge in [-0.1, -0.05) is 30.3 Å². The summed E-state index contributed by atoms with van der Waals surface area (Å²) in [7, 11) is 0. The molecule has 2 aromatic rings. The van der Waals surface area contributed by atoms with Crippen molar-refractivity contribution in [2.24, 2.45) is 0 Å². The number of carbonyl (C=O) groups excluding carboxylic acids is 1. The summed E-state index contributed by atoms with van der Waals surface area (Å²) in [5, 5.41) is 2.76. The summed E-state index contributed by atoms with van der Waals surface area (Å²) >= 11 is 0. The number of nitrogens with one attached hydrogen (secondary N) is 1. The molecular formula is C15H17N3O2. The molecule has 0 atom stereocenters. The van der Waals surface area contributed by atoms with Gasteiger partial charge in [0.2, 0.25) is 5.91 Å². The fourth-order valence-corrected chi connectivity index (χ4v) is 1.70. The molecule has 0 spiro atoms. The molecule has 5 heteroatoms. The van der Waals surface area contributed by atoms with E-state index in [0.717, 1.165) is 17.0 Å². The Balaban J connectivity index is 1.98. The maximum absolute atomic E-state index is 11.5. The van der Waals surface area contributed by atoms with E-state index in [9.17, 15) is 4.79 Å². The third-order valence-corrected chi connectivity index (χ3v) is 2.70. The van der Waals surface area contributed by atoms with Gasteiger partial charge in [-0.25, -0.2) is 9.97 Å². The highest BCUT2D eigenvalue weighted by molar-refractivity contribution is 5.77. The van der Waals surface area contributed by atoms with Gasteiger partial charge in [0.1, 0.15) is 12.9 Å². The van der Waals surface area contributed by atoms with E-state index in [4.69, 9.17) is 4.74 Å². The normalized spacial score (nSPS) is 10.2. The second-order valence-electron chi connectivity index (χ2n) is 4.17. The molecule has 0 saturated heterocycles. The second-order valence-corrected chi connectivity index (χ2v) is 4.17. The van der Waals surface area contributed by atoms with Gasteiger partial charge >= 0.3 is 0 Å². The van der Waals surface area contributed by atoms with E-state index in [-0.39, 0.29) is 12.5 Å². The zero-order chi connectivity index (χ0) is 14.2. The molecule has 0 bridgehead atoms. The van der Waals surface area contributed by atoms with Gasteiger partial charge in [0.15, 0.2) is 0 Å². The van der Waals surface area contributed by atoms with E-state index in [2.05, 4.69) is 15.3 Å². The van der Waals surface area contributed by atoms with Gasteiger partial charge in [0.05, 0.1) is 17.9 Å². The molecule has 0 aliphatic rings. The maximum Gasteiger partial charge on any atom is 0.246 e. The molecule has 2 rings (SSSR count). The number of hydrogen-bond donors (Lipinski definition) is 1. The van der Waals surface area contributed by atoms with Gasteiger partial charge in [0.25, 0.3) is 0 Å². The lowest BCUT2D eigenvalue weighted by molar-refractivity contribution is -0.125. The van der Waals surface area contributed by atoms with Crippen molar-refractivity contribution in [2.75, 3.05) is 13.2 Å². The summed E-state index contributed by atoms with van der Waals surface area (Å²) in [6.07, 6.45) is 1.51. The highest BCUT2D eigenvalue weighted by atomic mass is 16.5. The number of aromatic nitrogens is 2. The molecule has 1 aromatic carbocycles. The molecular weight excluding hydrogens is 254 g/mol. The zero-order valence-corrected chi connectivity index (χ0v) is 11.4. The van der Waals surface area contributed by atoms with E-state index >= 15 is 0 Å². The smallest absolute Gasteiger partial charge is 0.246 e. The number of nitrogens with zero attached hydrogens (tertiary/aromatic N) is 2. The Kier molecular flexibility index (Phi) is 5.20. The van der Waals surface area contributed by atoms with Gasteiger partial charge < -0.3 is 10.1 Å². The van der Waals surface area contributed by atoms with Crippen molar-refractivity contribution < 1.29 is 9.53 Å². The first-order valence-electron chi connectivity index (χ1n) is 6.50. The van der Waals surface area contributed by atoms with Crippen LogP contribution in [-0.4, -0.2) is 29.1 Å². The highest BCUT2D eigenvalue weighted by Gasteiger charge is 2.04. The van der Waals surface area contributed by atoms with E-state index in [0.29, 0.717) is 13.2 Å². The molecule has 0 aliphatic carbocycles. The standard InChI is InChI=1S/C15H17N3O2/c1-2-20-10-15(19)16-9-13-8-14(18-11-17-13)12-6-4-3-5-7-12/h3-8,11H,2,9-10H2,1H3,(H,16,19). The van der Waals surface area contributed by atoms with E-state index in [1.165, 1.54) is 6.33 Å². The highest BCUT2D eigenvalue weighted by Crippen LogP contribution is 2.15. The largest absolute Gasteiger partial charge is 0.372 e. The molecule has 0 aliphatic heterocycles. The maximum atomic E-state index is 11.5. The molecule has 5 nitrogen and oxygen atoms in total. The van der Waals surface area contributed by atoms with Gasteiger partial charge in [-0.3, -0.25) is 4.79 Å². The third kappa shape index (κ3) is 4.13. The van der Waals surface area contributed by atoms with Crippen LogP contribution in [0, 0.1) is 0 Å². The summed E-state index contributed by atoms with van der Waals surface area (Å²) in [6.45, 7) is 2.82. The summed E-state index contributed by atoms with van der Waals surface area (Å²) < 4.78 is 5.03. The number of carbonyl (C=O) groups is 1. The van der Waals surface area contributed by atoms with Crippen molar-refractivity contribution in [1.29, 1.82) is 0 Å². The average Bonchev–Trinajstić information content (AvgIpc) is 2.52. The number of hydrogen-bond acceptors (Lipinski definition) is 4. The van der Waals surface area contributed by atoms with E-state index in [1.54, 1.807) is 0 Å². The summed E-state index contributed by atoms with van der Waals surface area (Å²) in [5.74, 6) is -0.147. The Hall–Kier alpha value is -2.27. The minimum atomic E-state index is -0.147. The molecule has 1 aromatic heterocycles. The lowest BCUT2D eigenvalue weighted by Crippen LogP contribution is -2.27. The Morgan fingerprint density at radius 3 is 2.80 bits per heavy atom. The van der Waals surface area contributed by atoms with Crippen LogP contribution in [0.15, 0.2) is 42.7 Å². The van der Waals surface area contributed by atoms with Gasteiger partial charge in [0, 0.05) is 12.2 Å². The van der Waals surface area contributed by atoms with Crippen molar-refractivity contribution in [2.45, 2.75) is 13.5 Å². The van der Waals surface area contributed by atoms with E-state index < -0.39 is 0 Å². The predicted octanol–water partition coefficient (Wildman–Crippen LogP) is 1.80. The van der Waals surface area contributed by atoms with Crippen molar-refractivity contribution in [3.05, 3.63) is 48.4 Å². The molecule has 1 N–H and O–H groups in total. The average molecular weight is 271 g/mol. The summed E-state index contributed by atoms with van der Waals surface area (Å²) in [5.41, 5.74) is 2.63. The molecule has 1 heterocycles. The Morgan fingerprint density at radius 1 is 1.25 bits per heavy atom. The van der Waals surface area contributed by atoms with Crippen LogP contribution >= 0.6 is 0 Å². The van der Waals surface area contributed by atoms with Crippen LogP contribution in [0.25, 0.3) is 11.3 Å². The first-order chi connectivity index (χ1) is 9.79. The fourth-order valence-electron chi connectivity index (χ4n) is 1.70. The van der Waals surface area contributed by atoms with Crippen molar-refractivity contribution in [3.8, 4) is 11.3 Å². The first-order valence-corrected chi connectivity index (χ1v) is 6.50. The SMILES string of the molecule is CCOCC(=O)NCc1cc(-c2ccccc2)ncn1. The van der Waals surface area contributed by atoms with Crippen LogP contribution in [0.4, 0.5) is 0 Å². The van der Waals surface area contributed by atoms with Crippen LogP contribution in [0.1, 0.15) is 12.6 Å². The van der Waals surface area contributed by atoms with Crippen LogP contribution in [0.2, 0.25) is 0 Å². The summed E-state index contributed by atoms with van der Waals surface area (Å²) in [4.78, 5) is 19.8. The molecule has 104 valence electrons. The Morgan fingerprint density at radius 2 is 2.05 bits per heavy atom. The monoisotopic (exact) mass is 271 g/mol. The Bertz CT molecular complexity index is 558. The fraction of sp³-hybridized carbons (Fsp3) is 0.267. The van der Waals surface area contributed by atoms with Crippen LogP contribution in [-0.2, 0) is 16.1 Å².